The van der Waals surface area contributed by atoms with Crippen LogP contribution in [-0.2, 0) is 11.3 Å². The highest BCUT2D eigenvalue weighted by atomic mass is 16.5. The average Bonchev–Trinajstić information content (AvgIpc) is 3.10. The van der Waals surface area contributed by atoms with Gasteiger partial charge in [-0.25, -0.2) is 24.9 Å². The molecule has 4 rings (SSSR count). The van der Waals surface area contributed by atoms with E-state index < -0.39 is 0 Å². The third kappa shape index (κ3) is 3.17. The molecule has 1 aliphatic heterocycles. The highest BCUT2D eigenvalue weighted by Gasteiger charge is 2.22. The van der Waals surface area contributed by atoms with Gasteiger partial charge in [0.1, 0.15) is 6.33 Å². The van der Waals surface area contributed by atoms with Crippen LogP contribution < -0.4 is 9.80 Å². The third-order valence-electron chi connectivity index (χ3n) is 4.55. The molecule has 3 aromatic rings. The zero-order chi connectivity index (χ0) is 17.9. The Morgan fingerprint density at radius 2 is 1.69 bits per heavy atom. The van der Waals surface area contributed by atoms with Gasteiger partial charge in [0.05, 0.1) is 12.9 Å². The van der Waals surface area contributed by atoms with Crippen molar-refractivity contribution in [3.8, 4) is 0 Å². The first-order chi connectivity index (χ1) is 12.8. The summed E-state index contributed by atoms with van der Waals surface area (Å²) in [5.74, 6) is 1.67. The number of aromatic nitrogens is 6. The molecule has 0 atom stereocenters. The number of nitrogens with zero attached hydrogens (tertiary/aromatic N) is 8. The number of hydrogen-bond donors (Lipinski definition) is 0. The number of ether oxygens (including phenoxy) is 1. The summed E-state index contributed by atoms with van der Waals surface area (Å²) in [7, 11) is 1.69. The molecule has 0 spiro atoms. The minimum Gasteiger partial charge on any atom is -0.383 e. The number of fused-ring (bicyclic) bond motifs is 1. The number of methoxy groups -OCH3 is 1. The van der Waals surface area contributed by atoms with E-state index in [0.717, 1.165) is 61.2 Å². The summed E-state index contributed by atoms with van der Waals surface area (Å²) in [5.41, 5.74) is 2.75. The molecule has 3 aromatic heterocycles. The molecular formula is C17H22N8O. The van der Waals surface area contributed by atoms with Crippen molar-refractivity contribution in [2.24, 2.45) is 0 Å². The van der Waals surface area contributed by atoms with E-state index in [2.05, 4.69) is 34.7 Å². The highest BCUT2D eigenvalue weighted by Crippen LogP contribution is 2.23. The molecule has 0 amide bonds. The van der Waals surface area contributed by atoms with Crippen molar-refractivity contribution in [2.45, 2.75) is 13.5 Å². The maximum Gasteiger partial charge on any atom is 0.225 e. The number of hydrogen-bond acceptors (Lipinski definition) is 8. The largest absolute Gasteiger partial charge is 0.383 e. The van der Waals surface area contributed by atoms with Crippen molar-refractivity contribution in [1.29, 1.82) is 0 Å². The first-order valence-corrected chi connectivity index (χ1v) is 8.69. The summed E-state index contributed by atoms with van der Waals surface area (Å²) in [6.07, 6.45) is 7.13. The fourth-order valence-corrected chi connectivity index (χ4v) is 3.12. The van der Waals surface area contributed by atoms with E-state index in [9.17, 15) is 0 Å². The SMILES string of the molecule is COCCn1cnc2c(N3CCN(c4ncc(C)cn4)CC3)ncnc21. The van der Waals surface area contributed by atoms with Gasteiger partial charge in [0.25, 0.3) is 0 Å². The molecular weight excluding hydrogens is 332 g/mol. The molecule has 26 heavy (non-hydrogen) atoms. The second kappa shape index (κ2) is 7.20. The quantitative estimate of drug-likeness (QED) is 0.668. The smallest absolute Gasteiger partial charge is 0.225 e. The van der Waals surface area contributed by atoms with Crippen LogP contribution in [0.2, 0.25) is 0 Å². The summed E-state index contributed by atoms with van der Waals surface area (Å²) < 4.78 is 7.15. The van der Waals surface area contributed by atoms with Crippen molar-refractivity contribution in [3.05, 3.63) is 30.6 Å². The first-order valence-electron chi connectivity index (χ1n) is 8.69. The lowest BCUT2D eigenvalue weighted by Gasteiger charge is -2.35. The van der Waals surface area contributed by atoms with Crippen LogP contribution in [0.15, 0.2) is 25.0 Å². The van der Waals surface area contributed by atoms with Crippen LogP contribution in [0.4, 0.5) is 11.8 Å². The van der Waals surface area contributed by atoms with Gasteiger partial charge in [0.15, 0.2) is 17.0 Å². The van der Waals surface area contributed by atoms with Crippen LogP contribution in [0.5, 0.6) is 0 Å². The number of imidazole rings is 1. The van der Waals surface area contributed by atoms with Gasteiger partial charge >= 0.3 is 0 Å². The molecule has 9 nitrogen and oxygen atoms in total. The normalized spacial score (nSPS) is 15.0. The molecule has 4 heterocycles. The van der Waals surface area contributed by atoms with E-state index in [1.54, 1.807) is 19.8 Å². The van der Waals surface area contributed by atoms with E-state index in [1.807, 2.05) is 23.9 Å². The second-order valence-corrected chi connectivity index (χ2v) is 6.33. The third-order valence-corrected chi connectivity index (χ3v) is 4.55. The zero-order valence-electron chi connectivity index (χ0n) is 15.0. The van der Waals surface area contributed by atoms with Gasteiger partial charge in [-0.15, -0.1) is 0 Å². The predicted octanol–water partition coefficient (Wildman–Crippen LogP) is 0.898. The standard InChI is InChI=1S/C17H22N8O/c1-13-9-18-17(19-10-13)24-5-3-23(4-6-24)15-14-16(21-11-20-15)25(12-22-14)7-8-26-2/h9-12H,3-8H2,1-2H3. The Kier molecular flexibility index (Phi) is 4.61. The minimum atomic E-state index is 0.625. The van der Waals surface area contributed by atoms with Crippen LogP contribution in [0, 0.1) is 6.92 Å². The van der Waals surface area contributed by atoms with Gasteiger partial charge in [-0.3, -0.25) is 0 Å². The maximum atomic E-state index is 5.15. The molecule has 0 unspecified atom stereocenters. The van der Waals surface area contributed by atoms with Crippen LogP contribution >= 0.6 is 0 Å². The Bertz CT molecular complexity index is 870. The van der Waals surface area contributed by atoms with E-state index in [1.165, 1.54) is 0 Å². The monoisotopic (exact) mass is 354 g/mol. The first kappa shape index (κ1) is 16.6. The zero-order valence-corrected chi connectivity index (χ0v) is 15.0. The van der Waals surface area contributed by atoms with E-state index in [4.69, 9.17) is 4.74 Å². The van der Waals surface area contributed by atoms with Gasteiger partial charge in [0.2, 0.25) is 5.95 Å². The number of rotatable bonds is 5. The highest BCUT2D eigenvalue weighted by molar-refractivity contribution is 5.83. The van der Waals surface area contributed by atoms with Gasteiger partial charge in [-0.05, 0) is 12.5 Å². The summed E-state index contributed by atoms with van der Waals surface area (Å²) in [5, 5.41) is 0. The molecule has 0 bridgehead atoms. The number of anilines is 2. The molecule has 0 N–H and O–H groups in total. The van der Waals surface area contributed by atoms with E-state index >= 15 is 0 Å². The Morgan fingerprint density at radius 3 is 2.42 bits per heavy atom. The molecule has 0 saturated carbocycles. The lowest BCUT2D eigenvalue weighted by Crippen LogP contribution is -2.47. The van der Waals surface area contributed by atoms with Gasteiger partial charge in [-0.2, -0.15) is 0 Å². The van der Waals surface area contributed by atoms with Crippen LogP contribution in [-0.4, -0.2) is 69.4 Å². The van der Waals surface area contributed by atoms with Crippen molar-refractivity contribution < 1.29 is 4.74 Å². The molecule has 0 radical (unpaired) electrons. The molecule has 1 saturated heterocycles. The van der Waals surface area contributed by atoms with Gasteiger partial charge < -0.3 is 19.1 Å². The Balaban J connectivity index is 1.50. The van der Waals surface area contributed by atoms with E-state index in [0.29, 0.717) is 6.61 Å². The van der Waals surface area contributed by atoms with Crippen LogP contribution in [0.1, 0.15) is 5.56 Å². The number of piperazine rings is 1. The molecule has 0 aromatic carbocycles. The van der Waals surface area contributed by atoms with Crippen LogP contribution in [0.25, 0.3) is 11.2 Å². The topological polar surface area (TPSA) is 85.1 Å². The van der Waals surface area contributed by atoms with Crippen molar-refractivity contribution >= 4 is 22.9 Å². The minimum absolute atomic E-state index is 0.625. The maximum absolute atomic E-state index is 5.15. The van der Waals surface area contributed by atoms with Crippen molar-refractivity contribution in [3.63, 3.8) is 0 Å². The molecule has 0 aliphatic carbocycles. The summed E-state index contributed by atoms with van der Waals surface area (Å²) in [6, 6.07) is 0. The summed E-state index contributed by atoms with van der Waals surface area (Å²) in [6.45, 7) is 6.72. The fraction of sp³-hybridized carbons (Fsp3) is 0.471. The van der Waals surface area contributed by atoms with Crippen LogP contribution in [0.3, 0.4) is 0 Å². The average molecular weight is 354 g/mol. The van der Waals surface area contributed by atoms with Crippen molar-refractivity contribution in [2.75, 3.05) is 49.7 Å². The van der Waals surface area contributed by atoms with E-state index in [-0.39, 0.29) is 0 Å². The summed E-state index contributed by atoms with van der Waals surface area (Å²) in [4.78, 5) is 26.7. The predicted molar refractivity (Wildman–Crippen MR) is 98.4 cm³/mol. The fourth-order valence-electron chi connectivity index (χ4n) is 3.12. The molecule has 136 valence electrons. The molecule has 9 heteroatoms. The second-order valence-electron chi connectivity index (χ2n) is 6.33. The Hall–Kier alpha value is -2.81. The lowest BCUT2D eigenvalue weighted by atomic mass is 10.3. The molecule has 1 aliphatic rings. The molecule has 1 fully saturated rings. The summed E-state index contributed by atoms with van der Waals surface area (Å²) >= 11 is 0. The number of aryl methyl sites for hydroxylation is 1. The Morgan fingerprint density at radius 1 is 0.962 bits per heavy atom. The van der Waals surface area contributed by atoms with Gasteiger partial charge in [-0.1, -0.05) is 0 Å². The van der Waals surface area contributed by atoms with Gasteiger partial charge in [0, 0.05) is 52.2 Å². The lowest BCUT2D eigenvalue weighted by molar-refractivity contribution is 0.188. The van der Waals surface area contributed by atoms with Crippen molar-refractivity contribution in [1.82, 2.24) is 29.5 Å². The Labute approximate surface area is 151 Å².